The minimum atomic E-state index is -1.23. The van der Waals surface area contributed by atoms with Crippen molar-refractivity contribution in [2.75, 3.05) is 13.7 Å². The van der Waals surface area contributed by atoms with Crippen LogP contribution in [0.1, 0.15) is 5.56 Å². The molecule has 0 amide bonds. The molecule has 0 spiro atoms. The van der Waals surface area contributed by atoms with Crippen LogP contribution in [0.3, 0.4) is 0 Å². The number of aliphatic carboxylic acids is 1. The van der Waals surface area contributed by atoms with Gasteiger partial charge in [-0.25, -0.2) is 9.78 Å². The van der Waals surface area contributed by atoms with Gasteiger partial charge in [0.25, 0.3) is 11.2 Å². The number of rotatable bonds is 8. The maximum absolute atomic E-state index is 13.5. The topological polar surface area (TPSA) is 159 Å². The lowest BCUT2D eigenvalue weighted by atomic mass is 10.2. The molecule has 12 nitrogen and oxygen atoms in total. The summed E-state index contributed by atoms with van der Waals surface area (Å²) in [5.74, 6) is -0.345. The lowest BCUT2D eigenvalue weighted by Gasteiger charge is -2.09. The highest BCUT2D eigenvalue weighted by atomic mass is 16.6. The highest BCUT2D eigenvalue weighted by Gasteiger charge is 2.18. The Morgan fingerprint density at radius 3 is 2.71 bits per heavy atom. The van der Waals surface area contributed by atoms with Gasteiger partial charge < -0.3 is 19.0 Å². The molecule has 2 aromatic heterocycles. The van der Waals surface area contributed by atoms with E-state index in [9.17, 15) is 19.7 Å². The van der Waals surface area contributed by atoms with Gasteiger partial charge in [-0.05, 0) is 36.4 Å². The van der Waals surface area contributed by atoms with Crippen molar-refractivity contribution >= 4 is 39.7 Å². The van der Waals surface area contributed by atoms with Gasteiger partial charge in [0.15, 0.2) is 12.4 Å². The average Bonchev–Trinajstić information content (AvgIpc) is 3.36. The summed E-state index contributed by atoms with van der Waals surface area (Å²) >= 11 is 0. The summed E-state index contributed by atoms with van der Waals surface area (Å²) in [5.41, 5.74) is 0.195. The number of benzene rings is 3. The monoisotopic (exact) mass is 514 g/mol. The van der Waals surface area contributed by atoms with E-state index in [-0.39, 0.29) is 34.0 Å². The number of carbonyl (C=O) groups is 1. The van der Waals surface area contributed by atoms with Crippen LogP contribution >= 0.6 is 0 Å². The first-order valence-electron chi connectivity index (χ1n) is 11.1. The van der Waals surface area contributed by atoms with Crippen LogP contribution in [0.25, 0.3) is 33.5 Å². The van der Waals surface area contributed by atoms with E-state index in [0.29, 0.717) is 22.2 Å². The number of carboxylic acid groups (broad SMARTS) is 1. The van der Waals surface area contributed by atoms with E-state index in [4.69, 9.17) is 19.0 Å². The molecule has 38 heavy (non-hydrogen) atoms. The maximum atomic E-state index is 13.5. The molecule has 0 fully saturated rings. The van der Waals surface area contributed by atoms with Crippen LogP contribution < -0.4 is 15.0 Å². The number of ether oxygens (including phenoxy) is 2. The summed E-state index contributed by atoms with van der Waals surface area (Å²) in [5, 5.41) is 25.5. The van der Waals surface area contributed by atoms with Gasteiger partial charge >= 0.3 is 5.97 Å². The van der Waals surface area contributed by atoms with Crippen molar-refractivity contribution in [3.8, 4) is 23.1 Å². The largest absolute Gasteiger partial charge is 0.496 e. The van der Waals surface area contributed by atoms with Gasteiger partial charge in [-0.1, -0.05) is 18.2 Å². The summed E-state index contributed by atoms with van der Waals surface area (Å²) in [6.45, 7) is -0.678. The molecule has 5 rings (SSSR count). The van der Waals surface area contributed by atoms with Gasteiger partial charge in [0, 0.05) is 17.7 Å². The van der Waals surface area contributed by atoms with Crippen LogP contribution in [0.15, 0.2) is 81.0 Å². The molecule has 190 valence electrons. The Morgan fingerprint density at radius 1 is 1.13 bits per heavy atom. The average molecular weight is 514 g/mol. The molecule has 2 heterocycles. The van der Waals surface area contributed by atoms with E-state index in [0.717, 1.165) is 17.0 Å². The van der Waals surface area contributed by atoms with Gasteiger partial charge in [0.1, 0.15) is 17.1 Å². The van der Waals surface area contributed by atoms with Gasteiger partial charge in [-0.3, -0.25) is 14.9 Å². The van der Waals surface area contributed by atoms with Crippen LogP contribution in [0.2, 0.25) is 0 Å². The van der Waals surface area contributed by atoms with Crippen molar-refractivity contribution < 1.29 is 28.7 Å². The molecule has 0 aliphatic carbocycles. The van der Waals surface area contributed by atoms with E-state index in [1.54, 1.807) is 48.5 Å². The highest BCUT2D eigenvalue weighted by Crippen LogP contribution is 2.33. The maximum Gasteiger partial charge on any atom is 0.341 e. The molecule has 0 saturated heterocycles. The predicted octanol–water partition coefficient (Wildman–Crippen LogP) is 4.07. The standard InChI is InChI=1S/C26H18N4O8/c1-36-21-7-4-8-22-18(21)12-23(38-22)25-28-19-6-3-2-5-17(19)26(33)29(25)27-13-15-11-16(30(34)35)9-10-20(15)37-14-24(31)32/h2-13H,14H2,1H3,(H,31,32). The molecular weight excluding hydrogens is 496 g/mol. The van der Waals surface area contributed by atoms with Crippen molar-refractivity contribution in [2.45, 2.75) is 0 Å². The van der Waals surface area contributed by atoms with E-state index >= 15 is 0 Å². The van der Waals surface area contributed by atoms with Crippen LogP contribution in [-0.2, 0) is 4.79 Å². The number of nitro benzene ring substituents is 1. The number of para-hydroxylation sites is 1. The molecule has 12 heteroatoms. The Balaban J connectivity index is 1.70. The van der Waals surface area contributed by atoms with Gasteiger partial charge in [0.05, 0.1) is 34.5 Å². The molecule has 0 aliphatic rings. The number of hydrogen-bond donors (Lipinski definition) is 1. The Labute approximate surface area is 213 Å². The number of nitrogens with zero attached hydrogens (tertiary/aromatic N) is 4. The minimum Gasteiger partial charge on any atom is -0.496 e. The molecular formula is C26H18N4O8. The summed E-state index contributed by atoms with van der Waals surface area (Å²) < 4.78 is 17.6. The molecule has 0 atom stereocenters. The first-order valence-corrected chi connectivity index (χ1v) is 11.1. The lowest BCUT2D eigenvalue weighted by Crippen LogP contribution is -2.20. The third-order valence-corrected chi connectivity index (χ3v) is 5.58. The zero-order chi connectivity index (χ0) is 26.8. The first-order chi connectivity index (χ1) is 18.4. The summed E-state index contributed by atoms with van der Waals surface area (Å²) in [6, 6.07) is 17.2. The minimum absolute atomic E-state index is 0.0265. The number of methoxy groups -OCH3 is 1. The number of carboxylic acids is 1. The van der Waals surface area contributed by atoms with Gasteiger partial charge in [0.2, 0.25) is 5.82 Å². The van der Waals surface area contributed by atoms with E-state index < -0.39 is 23.1 Å². The smallest absolute Gasteiger partial charge is 0.341 e. The Morgan fingerprint density at radius 2 is 1.95 bits per heavy atom. The Hall–Kier alpha value is -5.52. The molecule has 0 unspecified atom stereocenters. The Bertz CT molecular complexity index is 1800. The molecule has 5 aromatic rings. The van der Waals surface area contributed by atoms with Crippen molar-refractivity contribution in [1.29, 1.82) is 0 Å². The number of nitro groups is 1. The molecule has 0 bridgehead atoms. The molecule has 0 aliphatic heterocycles. The molecule has 3 aromatic carbocycles. The van der Waals surface area contributed by atoms with Crippen LogP contribution in [0.5, 0.6) is 11.5 Å². The number of fused-ring (bicyclic) bond motifs is 2. The third kappa shape index (κ3) is 4.53. The van der Waals surface area contributed by atoms with E-state index in [1.807, 2.05) is 0 Å². The number of furan rings is 1. The first kappa shape index (κ1) is 24.2. The normalized spacial score (nSPS) is 11.3. The van der Waals surface area contributed by atoms with Crippen molar-refractivity contribution in [1.82, 2.24) is 9.66 Å². The fraction of sp³-hybridized carbons (Fsp3) is 0.0769. The van der Waals surface area contributed by atoms with Crippen molar-refractivity contribution in [2.24, 2.45) is 5.10 Å². The highest BCUT2D eigenvalue weighted by molar-refractivity contribution is 5.89. The fourth-order valence-electron chi connectivity index (χ4n) is 3.85. The molecule has 0 radical (unpaired) electrons. The summed E-state index contributed by atoms with van der Waals surface area (Å²) in [6.07, 6.45) is 1.16. The second-order valence-corrected chi connectivity index (χ2v) is 7.96. The zero-order valence-corrected chi connectivity index (χ0v) is 19.7. The van der Waals surface area contributed by atoms with Crippen molar-refractivity contribution in [3.05, 3.63) is 92.8 Å². The second kappa shape index (κ2) is 9.85. The van der Waals surface area contributed by atoms with Crippen LogP contribution in [0, 0.1) is 10.1 Å². The lowest BCUT2D eigenvalue weighted by molar-refractivity contribution is -0.384. The molecule has 1 N–H and O–H groups in total. The number of non-ortho nitro benzene ring substituents is 1. The van der Waals surface area contributed by atoms with Gasteiger partial charge in [-0.15, -0.1) is 0 Å². The third-order valence-electron chi connectivity index (χ3n) is 5.58. The number of hydrogen-bond acceptors (Lipinski definition) is 9. The zero-order valence-electron chi connectivity index (χ0n) is 19.7. The second-order valence-electron chi connectivity index (χ2n) is 7.96. The van der Waals surface area contributed by atoms with Gasteiger partial charge in [-0.2, -0.15) is 9.78 Å². The predicted molar refractivity (Wildman–Crippen MR) is 137 cm³/mol. The fourth-order valence-corrected chi connectivity index (χ4v) is 3.85. The summed E-state index contributed by atoms with van der Waals surface area (Å²) in [4.78, 5) is 39.8. The van der Waals surface area contributed by atoms with E-state index in [2.05, 4.69) is 10.1 Å². The molecule has 0 saturated carbocycles. The van der Waals surface area contributed by atoms with Crippen LogP contribution in [-0.4, -0.2) is 45.6 Å². The van der Waals surface area contributed by atoms with E-state index in [1.165, 1.54) is 19.2 Å². The van der Waals surface area contributed by atoms with Crippen LogP contribution in [0.4, 0.5) is 5.69 Å². The number of aromatic nitrogens is 2. The quantitative estimate of drug-likeness (QED) is 0.183. The Kier molecular flexibility index (Phi) is 6.27. The van der Waals surface area contributed by atoms with Crippen molar-refractivity contribution in [3.63, 3.8) is 0 Å². The summed E-state index contributed by atoms with van der Waals surface area (Å²) in [7, 11) is 1.53. The SMILES string of the molecule is COc1cccc2oc(-c3nc4ccccc4c(=O)n3N=Cc3cc([N+](=O)[O-])ccc3OCC(=O)O)cc12.